The van der Waals surface area contributed by atoms with Gasteiger partial charge in [-0.15, -0.1) is 0 Å². The normalized spacial score (nSPS) is 10.2. The van der Waals surface area contributed by atoms with E-state index in [-0.39, 0.29) is 18.4 Å². The van der Waals surface area contributed by atoms with Crippen LogP contribution in [0.2, 0.25) is 0 Å². The van der Waals surface area contributed by atoms with Crippen molar-refractivity contribution in [3.63, 3.8) is 0 Å². The lowest BCUT2D eigenvalue weighted by atomic mass is 10.2. The summed E-state index contributed by atoms with van der Waals surface area (Å²) >= 11 is 0. The first kappa shape index (κ1) is 13.0. The first-order chi connectivity index (χ1) is 9.20. The average Bonchev–Trinajstić information content (AvgIpc) is 2.45. The molecule has 19 heavy (non-hydrogen) atoms. The SMILES string of the molecule is CCC(=O)NCC(=O)Nc1cccc2cccnc12. The van der Waals surface area contributed by atoms with Gasteiger partial charge in [0.15, 0.2) is 0 Å². The number of amides is 2. The fourth-order valence-electron chi connectivity index (χ4n) is 1.70. The maximum atomic E-state index is 11.7. The van der Waals surface area contributed by atoms with Crippen molar-refractivity contribution < 1.29 is 9.59 Å². The summed E-state index contributed by atoms with van der Waals surface area (Å²) in [6, 6.07) is 9.34. The van der Waals surface area contributed by atoms with Crippen molar-refractivity contribution in [2.24, 2.45) is 0 Å². The molecule has 2 amide bonds. The molecule has 5 heteroatoms. The molecule has 2 N–H and O–H groups in total. The molecular weight excluding hydrogens is 242 g/mol. The topological polar surface area (TPSA) is 71.1 Å². The second-order valence-electron chi connectivity index (χ2n) is 4.06. The minimum Gasteiger partial charge on any atom is -0.347 e. The van der Waals surface area contributed by atoms with Gasteiger partial charge in [0, 0.05) is 18.0 Å². The van der Waals surface area contributed by atoms with Crippen LogP contribution in [-0.2, 0) is 9.59 Å². The van der Waals surface area contributed by atoms with Crippen molar-refractivity contribution in [2.45, 2.75) is 13.3 Å². The van der Waals surface area contributed by atoms with Gasteiger partial charge in [-0.25, -0.2) is 0 Å². The fraction of sp³-hybridized carbons (Fsp3) is 0.214. The molecule has 1 aromatic carbocycles. The Balaban J connectivity index is 2.09. The van der Waals surface area contributed by atoms with Gasteiger partial charge in [0.1, 0.15) is 0 Å². The number of para-hydroxylation sites is 1. The van der Waals surface area contributed by atoms with E-state index in [2.05, 4.69) is 15.6 Å². The van der Waals surface area contributed by atoms with E-state index in [1.807, 2.05) is 24.3 Å². The molecule has 1 aromatic heterocycles. The molecule has 98 valence electrons. The van der Waals surface area contributed by atoms with E-state index in [9.17, 15) is 9.59 Å². The summed E-state index contributed by atoms with van der Waals surface area (Å²) < 4.78 is 0. The molecule has 0 aliphatic heterocycles. The third-order valence-corrected chi connectivity index (χ3v) is 2.67. The van der Waals surface area contributed by atoms with Crippen LogP contribution in [0.5, 0.6) is 0 Å². The highest BCUT2D eigenvalue weighted by Gasteiger charge is 2.07. The maximum Gasteiger partial charge on any atom is 0.243 e. The van der Waals surface area contributed by atoms with Crippen LogP contribution in [-0.4, -0.2) is 23.3 Å². The summed E-state index contributed by atoms with van der Waals surface area (Å²) in [5, 5.41) is 6.23. The molecule has 0 spiro atoms. The first-order valence-electron chi connectivity index (χ1n) is 6.11. The third kappa shape index (κ3) is 3.28. The summed E-state index contributed by atoms with van der Waals surface area (Å²) in [5.74, 6) is -0.411. The van der Waals surface area contributed by atoms with Gasteiger partial charge in [-0.05, 0) is 12.1 Å². The summed E-state index contributed by atoms with van der Waals surface area (Å²) in [6.45, 7) is 1.71. The number of hydrogen-bond acceptors (Lipinski definition) is 3. The van der Waals surface area contributed by atoms with Crippen molar-refractivity contribution in [1.82, 2.24) is 10.3 Å². The average molecular weight is 257 g/mol. The number of anilines is 1. The van der Waals surface area contributed by atoms with Gasteiger partial charge in [0.05, 0.1) is 17.7 Å². The Morgan fingerprint density at radius 1 is 1.16 bits per heavy atom. The van der Waals surface area contributed by atoms with Gasteiger partial charge in [-0.1, -0.05) is 25.1 Å². The lowest BCUT2D eigenvalue weighted by molar-refractivity contribution is -0.123. The molecule has 0 bridgehead atoms. The summed E-state index contributed by atoms with van der Waals surface area (Å²) in [7, 11) is 0. The Morgan fingerprint density at radius 3 is 2.74 bits per heavy atom. The predicted octanol–water partition coefficient (Wildman–Crippen LogP) is 1.70. The van der Waals surface area contributed by atoms with Crippen molar-refractivity contribution in [1.29, 1.82) is 0 Å². The fourth-order valence-corrected chi connectivity index (χ4v) is 1.70. The Labute approximate surface area is 111 Å². The number of hydrogen-bond donors (Lipinski definition) is 2. The number of fused-ring (bicyclic) bond motifs is 1. The minimum absolute atomic E-state index is 0.0319. The lowest BCUT2D eigenvalue weighted by Gasteiger charge is -2.08. The zero-order chi connectivity index (χ0) is 13.7. The van der Waals surface area contributed by atoms with E-state index in [0.717, 1.165) is 10.9 Å². The molecule has 2 aromatic rings. The number of aromatic nitrogens is 1. The van der Waals surface area contributed by atoms with Gasteiger partial charge in [0.2, 0.25) is 11.8 Å². The molecule has 0 radical (unpaired) electrons. The van der Waals surface area contributed by atoms with E-state index in [0.29, 0.717) is 12.1 Å². The molecule has 1 heterocycles. The molecule has 0 saturated carbocycles. The Kier molecular flexibility index (Phi) is 4.07. The van der Waals surface area contributed by atoms with Crippen LogP contribution in [0.15, 0.2) is 36.5 Å². The van der Waals surface area contributed by atoms with Gasteiger partial charge >= 0.3 is 0 Å². The third-order valence-electron chi connectivity index (χ3n) is 2.67. The molecule has 0 atom stereocenters. The Bertz CT molecular complexity index is 605. The van der Waals surface area contributed by atoms with E-state index in [1.165, 1.54) is 0 Å². The van der Waals surface area contributed by atoms with Gasteiger partial charge < -0.3 is 10.6 Å². The zero-order valence-corrected chi connectivity index (χ0v) is 10.6. The molecule has 0 aliphatic rings. The number of pyridine rings is 1. The number of rotatable bonds is 4. The van der Waals surface area contributed by atoms with E-state index in [4.69, 9.17) is 0 Å². The molecule has 0 aliphatic carbocycles. The number of carbonyl (C=O) groups excluding carboxylic acids is 2. The second-order valence-corrected chi connectivity index (χ2v) is 4.06. The highest BCUT2D eigenvalue weighted by molar-refractivity contribution is 6.01. The van der Waals surface area contributed by atoms with Gasteiger partial charge in [-0.3, -0.25) is 14.6 Å². The lowest BCUT2D eigenvalue weighted by Crippen LogP contribution is -2.32. The van der Waals surface area contributed by atoms with Crippen molar-refractivity contribution in [2.75, 3.05) is 11.9 Å². The van der Waals surface area contributed by atoms with Crippen LogP contribution in [0.3, 0.4) is 0 Å². The predicted molar refractivity (Wildman–Crippen MR) is 73.7 cm³/mol. The van der Waals surface area contributed by atoms with Crippen molar-refractivity contribution in [3.8, 4) is 0 Å². The monoisotopic (exact) mass is 257 g/mol. The second kappa shape index (κ2) is 5.95. The zero-order valence-electron chi connectivity index (χ0n) is 10.6. The van der Waals surface area contributed by atoms with Crippen LogP contribution in [0.4, 0.5) is 5.69 Å². The number of benzene rings is 1. The van der Waals surface area contributed by atoms with E-state index < -0.39 is 0 Å². The summed E-state index contributed by atoms with van der Waals surface area (Å²) in [6.07, 6.45) is 2.04. The maximum absolute atomic E-state index is 11.7. The molecule has 0 unspecified atom stereocenters. The quantitative estimate of drug-likeness (QED) is 0.875. The van der Waals surface area contributed by atoms with Gasteiger partial charge in [0.25, 0.3) is 0 Å². The van der Waals surface area contributed by atoms with Crippen molar-refractivity contribution >= 4 is 28.4 Å². The van der Waals surface area contributed by atoms with Crippen LogP contribution < -0.4 is 10.6 Å². The van der Waals surface area contributed by atoms with E-state index >= 15 is 0 Å². The minimum atomic E-state index is -0.264. The molecular formula is C14H15N3O2. The van der Waals surface area contributed by atoms with Gasteiger partial charge in [-0.2, -0.15) is 0 Å². The van der Waals surface area contributed by atoms with Crippen LogP contribution in [0, 0.1) is 0 Å². The van der Waals surface area contributed by atoms with Crippen LogP contribution in [0.1, 0.15) is 13.3 Å². The smallest absolute Gasteiger partial charge is 0.243 e. The molecule has 5 nitrogen and oxygen atoms in total. The highest BCUT2D eigenvalue weighted by Crippen LogP contribution is 2.20. The molecule has 2 rings (SSSR count). The van der Waals surface area contributed by atoms with E-state index in [1.54, 1.807) is 19.2 Å². The Hall–Kier alpha value is -2.43. The summed E-state index contributed by atoms with van der Waals surface area (Å²) in [4.78, 5) is 27.0. The molecule has 0 saturated heterocycles. The van der Waals surface area contributed by atoms with Crippen LogP contribution >= 0.6 is 0 Å². The largest absolute Gasteiger partial charge is 0.347 e. The molecule has 0 fully saturated rings. The standard InChI is InChI=1S/C14H15N3O2/c1-2-12(18)16-9-13(19)17-11-7-3-5-10-6-4-8-15-14(10)11/h3-8H,2,9H2,1H3,(H,16,18)(H,17,19). The van der Waals surface area contributed by atoms with Crippen LogP contribution in [0.25, 0.3) is 10.9 Å². The summed E-state index contributed by atoms with van der Waals surface area (Å²) in [5.41, 5.74) is 1.38. The number of nitrogens with one attached hydrogen (secondary N) is 2. The number of nitrogens with zero attached hydrogens (tertiary/aromatic N) is 1. The highest BCUT2D eigenvalue weighted by atomic mass is 16.2. The van der Waals surface area contributed by atoms with Crippen molar-refractivity contribution in [3.05, 3.63) is 36.5 Å². The number of carbonyl (C=O) groups is 2. The first-order valence-corrected chi connectivity index (χ1v) is 6.11. The Morgan fingerprint density at radius 2 is 1.95 bits per heavy atom.